The van der Waals surface area contributed by atoms with Gasteiger partial charge < -0.3 is 0 Å². The van der Waals surface area contributed by atoms with Crippen LogP contribution in [0.25, 0.3) is 6.08 Å². The largest absolute Gasteiger partial charge is 0.295 e. The van der Waals surface area contributed by atoms with E-state index in [2.05, 4.69) is 4.72 Å². The van der Waals surface area contributed by atoms with Crippen molar-refractivity contribution in [1.29, 1.82) is 0 Å². The van der Waals surface area contributed by atoms with Crippen LogP contribution in [-0.2, 0) is 14.8 Å². The van der Waals surface area contributed by atoms with Crippen molar-refractivity contribution in [3.8, 4) is 0 Å². The average molecular weight is 485 g/mol. The molecule has 3 aromatic carbocycles. The van der Waals surface area contributed by atoms with Crippen LogP contribution < -0.4 is 4.72 Å². The van der Waals surface area contributed by atoms with E-state index in [9.17, 15) is 23.3 Å². The van der Waals surface area contributed by atoms with E-state index in [1.807, 2.05) is 6.92 Å². The predicted octanol–water partition coefficient (Wildman–Crippen LogP) is 5.25. The molecule has 1 atom stereocenters. The number of allylic oxidation sites excluding steroid dienone is 1. The Morgan fingerprint density at radius 1 is 1.09 bits per heavy atom. The Bertz CT molecular complexity index is 1290. The molecule has 1 unspecified atom stereocenters. The van der Waals surface area contributed by atoms with E-state index in [-0.39, 0.29) is 22.8 Å². The minimum atomic E-state index is -3.90. The molecule has 33 heavy (non-hydrogen) atoms. The van der Waals surface area contributed by atoms with Crippen molar-refractivity contribution >= 4 is 39.2 Å². The smallest absolute Gasteiger partial charge is 0.269 e. The van der Waals surface area contributed by atoms with E-state index in [0.717, 1.165) is 5.56 Å². The topological polar surface area (TPSA) is 106 Å². The van der Waals surface area contributed by atoms with Gasteiger partial charge in [0.15, 0.2) is 5.78 Å². The second kappa shape index (κ2) is 10.5. The zero-order valence-corrected chi connectivity index (χ0v) is 19.2. The number of halogens is 1. The number of carbonyl (C=O) groups is 1. The minimum Gasteiger partial charge on any atom is -0.295 e. The summed E-state index contributed by atoms with van der Waals surface area (Å²) in [6.07, 6.45) is 2.70. The normalized spacial score (nSPS) is 12.5. The first-order chi connectivity index (χ1) is 15.6. The molecule has 0 saturated heterocycles. The summed E-state index contributed by atoms with van der Waals surface area (Å²) < 4.78 is 28.5. The van der Waals surface area contributed by atoms with Crippen LogP contribution in [0.1, 0.15) is 29.2 Å². The zero-order chi connectivity index (χ0) is 24.0. The summed E-state index contributed by atoms with van der Waals surface area (Å²) in [5.74, 6) is -0.329. The number of ketones is 1. The minimum absolute atomic E-state index is 0.0509. The summed E-state index contributed by atoms with van der Waals surface area (Å²) in [5.41, 5.74) is 2.03. The lowest BCUT2D eigenvalue weighted by atomic mass is 10.0. The Morgan fingerprint density at radius 2 is 1.76 bits per heavy atom. The molecule has 0 heterocycles. The van der Waals surface area contributed by atoms with Gasteiger partial charge in [0.25, 0.3) is 5.69 Å². The highest BCUT2D eigenvalue weighted by molar-refractivity contribution is 7.89. The van der Waals surface area contributed by atoms with Crippen molar-refractivity contribution in [2.24, 2.45) is 0 Å². The summed E-state index contributed by atoms with van der Waals surface area (Å²) in [4.78, 5) is 23.0. The number of benzene rings is 3. The maximum atomic E-state index is 12.9. The van der Waals surface area contributed by atoms with Gasteiger partial charge in [0.2, 0.25) is 10.0 Å². The Morgan fingerprint density at radius 3 is 2.36 bits per heavy atom. The molecular weight excluding hydrogens is 464 g/mol. The van der Waals surface area contributed by atoms with E-state index in [0.29, 0.717) is 16.1 Å². The zero-order valence-electron chi connectivity index (χ0n) is 17.6. The van der Waals surface area contributed by atoms with Crippen LogP contribution in [0.2, 0.25) is 5.02 Å². The lowest BCUT2D eigenvalue weighted by Crippen LogP contribution is -2.30. The summed E-state index contributed by atoms with van der Waals surface area (Å²) in [6.45, 7) is 1.86. The molecule has 3 aromatic rings. The van der Waals surface area contributed by atoms with E-state index < -0.39 is 21.0 Å². The van der Waals surface area contributed by atoms with Crippen molar-refractivity contribution in [3.63, 3.8) is 0 Å². The van der Waals surface area contributed by atoms with Crippen molar-refractivity contribution in [2.75, 3.05) is 0 Å². The van der Waals surface area contributed by atoms with Gasteiger partial charge in [0.05, 0.1) is 15.9 Å². The quantitative estimate of drug-likeness (QED) is 0.253. The highest BCUT2D eigenvalue weighted by Gasteiger charge is 2.23. The third-order valence-corrected chi connectivity index (χ3v) is 6.57. The molecule has 0 aliphatic rings. The van der Waals surface area contributed by atoms with Gasteiger partial charge >= 0.3 is 0 Å². The monoisotopic (exact) mass is 484 g/mol. The van der Waals surface area contributed by atoms with Gasteiger partial charge in [0.1, 0.15) is 0 Å². The third kappa shape index (κ3) is 6.82. The number of nitro groups is 1. The maximum absolute atomic E-state index is 12.9. The molecule has 0 spiro atoms. The number of sulfonamides is 1. The van der Waals surface area contributed by atoms with Gasteiger partial charge in [-0.25, -0.2) is 13.1 Å². The molecule has 7 nitrogen and oxygen atoms in total. The molecule has 170 valence electrons. The van der Waals surface area contributed by atoms with Crippen LogP contribution in [0.15, 0.2) is 83.8 Å². The van der Waals surface area contributed by atoms with Gasteiger partial charge in [-0.15, -0.1) is 0 Å². The molecule has 0 radical (unpaired) electrons. The fourth-order valence-electron chi connectivity index (χ4n) is 3.09. The number of hydrogen-bond donors (Lipinski definition) is 1. The molecule has 0 fully saturated rings. The Balaban J connectivity index is 1.81. The van der Waals surface area contributed by atoms with Crippen molar-refractivity contribution in [2.45, 2.75) is 24.3 Å². The summed E-state index contributed by atoms with van der Waals surface area (Å²) in [6, 6.07) is 17.9. The SMILES string of the molecule is Cc1ccc(S(=O)(=O)NC(CC(=O)/C=C/c2ccc([N+](=O)[O-])cc2)c2cccc(Cl)c2)cc1. The Labute approximate surface area is 196 Å². The van der Waals surface area contributed by atoms with Gasteiger partial charge in [-0.2, -0.15) is 0 Å². The lowest BCUT2D eigenvalue weighted by molar-refractivity contribution is -0.384. The maximum Gasteiger partial charge on any atom is 0.269 e. The standard InChI is InChI=1S/C24H21ClN2O5S/c1-17-5-13-23(14-6-17)33(31,32)26-24(19-3-2-4-20(25)15-19)16-22(28)12-9-18-7-10-21(11-8-18)27(29)30/h2-15,24,26H,16H2,1H3/b12-9+. The predicted molar refractivity (Wildman–Crippen MR) is 127 cm³/mol. The number of nitrogens with one attached hydrogen (secondary N) is 1. The first kappa shape index (κ1) is 24.3. The summed E-state index contributed by atoms with van der Waals surface area (Å²) in [7, 11) is -3.90. The highest BCUT2D eigenvalue weighted by atomic mass is 35.5. The fourth-order valence-corrected chi connectivity index (χ4v) is 4.51. The number of carbonyl (C=O) groups excluding carboxylic acids is 1. The van der Waals surface area contributed by atoms with Crippen molar-refractivity contribution in [3.05, 3.63) is 111 Å². The van der Waals surface area contributed by atoms with Crippen LogP contribution in [0.5, 0.6) is 0 Å². The van der Waals surface area contributed by atoms with Crippen LogP contribution >= 0.6 is 11.6 Å². The molecule has 0 bridgehead atoms. The molecule has 0 amide bonds. The number of non-ortho nitro benzene ring substituents is 1. The Kier molecular flexibility index (Phi) is 7.75. The van der Waals surface area contributed by atoms with Gasteiger partial charge in [-0.3, -0.25) is 14.9 Å². The number of rotatable bonds is 9. The molecule has 0 aromatic heterocycles. The first-order valence-electron chi connectivity index (χ1n) is 9.94. The van der Waals surface area contributed by atoms with Crippen molar-refractivity contribution < 1.29 is 18.1 Å². The average Bonchev–Trinajstić information content (AvgIpc) is 2.77. The second-order valence-corrected chi connectivity index (χ2v) is 9.54. The molecule has 0 aliphatic carbocycles. The van der Waals surface area contributed by atoms with Crippen LogP contribution in [0.4, 0.5) is 5.69 Å². The first-order valence-corrected chi connectivity index (χ1v) is 11.8. The van der Waals surface area contributed by atoms with Gasteiger partial charge in [0, 0.05) is 23.6 Å². The van der Waals surface area contributed by atoms with Gasteiger partial charge in [-0.05, 0) is 60.5 Å². The summed E-state index contributed by atoms with van der Waals surface area (Å²) >= 11 is 6.08. The van der Waals surface area contributed by atoms with Crippen molar-refractivity contribution in [1.82, 2.24) is 4.72 Å². The number of aryl methyl sites for hydroxylation is 1. The number of hydrogen-bond acceptors (Lipinski definition) is 5. The van der Waals surface area contributed by atoms with E-state index in [1.165, 1.54) is 48.6 Å². The number of nitrogens with zero attached hydrogens (tertiary/aromatic N) is 1. The van der Waals surface area contributed by atoms with Crippen LogP contribution in [-0.4, -0.2) is 19.1 Å². The molecule has 9 heteroatoms. The molecular formula is C24H21ClN2O5S. The lowest BCUT2D eigenvalue weighted by Gasteiger charge is -2.18. The van der Waals surface area contributed by atoms with Gasteiger partial charge in [-0.1, -0.05) is 47.5 Å². The van der Waals surface area contributed by atoms with Crippen LogP contribution in [0.3, 0.4) is 0 Å². The fraction of sp³-hybridized carbons (Fsp3) is 0.125. The molecule has 1 N–H and O–H groups in total. The van der Waals surface area contributed by atoms with Crippen LogP contribution in [0, 0.1) is 17.0 Å². The number of nitro benzene ring substituents is 1. The van der Waals surface area contributed by atoms with E-state index in [4.69, 9.17) is 11.6 Å². The Hall–Kier alpha value is -3.33. The molecule has 3 rings (SSSR count). The van der Waals surface area contributed by atoms with E-state index in [1.54, 1.807) is 36.4 Å². The highest BCUT2D eigenvalue weighted by Crippen LogP contribution is 2.24. The molecule has 0 aliphatic heterocycles. The third-order valence-electron chi connectivity index (χ3n) is 4.85. The summed E-state index contributed by atoms with van der Waals surface area (Å²) in [5, 5.41) is 11.2. The molecule has 0 saturated carbocycles. The second-order valence-electron chi connectivity index (χ2n) is 7.39. The van der Waals surface area contributed by atoms with E-state index >= 15 is 0 Å².